The zero-order valence-corrected chi connectivity index (χ0v) is 18.9. The zero-order chi connectivity index (χ0) is 23.1. The lowest BCUT2D eigenvalue weighted by Gasteiger charge is -2.22. The quantitative estimate of drug-likeness (QED) is 0.170. The molecule has 3 unspecified atom stereocenters. The van der Waals surface area contributed by atoms with Gasteiger partial charge in [0.15, 0.2) is 0 Å². The summed E-state index contributed by atoms with van der Waals surface area (Å²) in [5, 5.41) is 16.8. The van der Waals surface area contributed by atoms with Crippen LogP contribution >= 0.6 is 11.8 Å². The van der Waals surface area contributed by atoms with Crippen LogP contribution in [0.15, 0.2) is 0 Å². The Labute approximate surface area is 182 Å². The second kappa shape index (κ2) is 15.9. The number of carbonyl (C=O) groups excluding carboxylic acids is 3. The molecule has 0 fully saturated rings. The second-order valence-electron chi connectivity index (χ2n) is 7.54. The summed E-state index contributed by atoms with van der Waals surface area (Å²) in [6.07, 6.45) is 4.43. The van der Waals surface area contributed by atoms with E-state index in [1.165, 1.54) is 11.8 Å². The topological polar surface area (TPSA) is 177 Å². The number of nitrogens with two attached hydrogens (primary N) is 2. The van der Waals surface area contributed by atoms with Crippen LogP contribution in [0.2, 0.25) is 0 Å². The van der Waals surface area contributed by atoms with E-state index < -0.39 is 41.8 Å². The summed E-state index contributed by atoms with van der Waals surface area (Å²) in [7, 11) is 0. The summed E-state index contributed by atoms with van der Waals surface area (Å²) in [5.74, 6) is -2.00. The first-order chi connectivity index (χ1) is 14.1. The van der Waals surface area contributed by atoms with Gasteiger partial charge >= 0.3 is 5.97 Å². The molecule has 0 heterocycles. The molecule has 0 aliphatic rings. The van der Waals surface area contributed by atoms with Crippen molar-refractivity contribution in [1.82, 2.24) is 16.0 Å². The minimum Gasteiger partial charge on any atom is -0.480 e. The van der Waals surface area contributed by atoms with Crippen LogP contribution in [-0.4, -0.2) is 72.0 Å². The Morgan fingerprint density at radius 3 is 2.20 bits per heavy atom. The maximum atomic E-state index is 12.6. The van der Waals surface area contributed by atoms with Crippen molar-refractivity contribution >= 4 is 35.5 Å². The SMILES string of the molecule is CSCCC(NC(=O)CNC(=O)C(N)CCCCN)C(=O)NC(CC(C)C)C(=O)O. The van der Waals surface area contributed by atoms with E-state index in [4.69, 9.17) is 11.5 Å². The molecule has 0 aromatic heterocycles. The minimum absolute atomic E-state index is 0.0786. The number of carboxylic acids is 1. The van der Waals surface area contributed by atoms with Crippen LogP contribution in [0, 0.1) is 5.92 Å². The highest BCUT2D eigenvalue weighted by molar-refractivity contribution is 7.98. The number of aliphatic carboxylic acids is 1. The Morgan fingerprint density at radius 2 is 1.67 bits per heavy atom. The lowest BCUT2D eigenvalue weighted by Crippen LogP contribution is -2.54. The van der Waals surface area contributed by atoms with Crippen LogP contribution in [0.5, 0.6) is 0 Å². The molecule has 3 amide bonds. The van der Waals surface area contributed by atoms with Crippen molar-refractivity contribution in [3.8, 4) is 0 Å². The molecular weight excluding hydrogens is 410 g/mol. The van der Waals surface area contributed by atoms with Gasteiger partial charge in [-0.15, -0.1) is 0 Å². The van der Waals surface area contributed by atoms with E-state index in [2.05, 4.69) is 16.0 Å². The fraction of sp³-hybridized carbons (Fsp3) is 0.789. The van der Waals surface area contributed by atoms with Crippen LogP contribution in [0.3, 0.4) is 0 Å². The number of carboxylic acid groups (broad SMARTS) is 1. The van der Waals surface area contributed by atoms with Gasteiger partial charge in [-0.1, -0.05) is 20.3 Å². The molecule has 0 aromatic carbocycles. The lowest BCUT2D eigenvalue weighted by molar-refractivity contribution is -0.142. The highest BCUT2D eigenvalue weighted by Crippen LogP contribution is 2.07. The van der Waals surface area contributed by atoms with Crippen molar-refractivity contribution in [2.45, 2.75) is 64.1 Å². The molecule has 30 heavy (non-hydrogen) atoms. The number of amides is 3. The number of unbranched alkanes of at least 4 members (excludes halogenated alkanes) is 1. The van der Waals surface area contributed by atoms with E-state index in [1.807, 2.05) is 20.1 Å². The molecule has 0 radical (unpaired) electrons. The minimum atomic E-state index is -1.12. The van der Waals surface area contributed by atoms with Gasteiger partial charge in [0.2, 0.25) is 17.7 Å². The largest absolute Gasteiger partial charge is 0.480 e. The number of thioether (sulfide) groups is 1. The molecule has 10 nitrogen and oxygen atoms in total. The third-order valence-electron chi connectivity index (χ3n) is 4.31. The summed E-state index contributed by atoms with van der Waals surface area (Å²) < 4.78 is 0. The first-order valence-electron chi connectivity index (χ1n) is 10.2. The number of hydrogen-bond donors (Lipinski definition) is 6. The Morgan fingerprint density at radius 1 is 1.00 bits per heavy atom. The van der Waals surface area contributed by atoms with Crippen molar-refractivity contribution < 1.29 is 24.3 Å². The van der Waals surface area contributed by atoms with Gasteiger partial charge in [0.05, 0.1) is 12.6 Å². The predicted molar refractivity (Wildman–Crippen MR) is 118 cm³/mol. The Bertz CT molecular complexity index is 561. The molecule has 0 aliphatic carbocycles. The summed E-state index contributed by atoms with van der Waals surface area (Å²) in [6.45, 7) is 3.92. The molecule has 0 saturated heterocycles. The summed E-state index contributed by atoms with van der Waals surface area (Å²) in [4.78, 5) is 48.1. The number of hydrogen-bond acceptors (Lipinski definition) is 7. The molecule has 0 saturated carbocycles. The van der Waals surface area contributed by atoms with Crippen molar-refractivity contribution in [3.05, 3.63) is 0 Å². The van der Waals surface area contributed by atoms with E-state index in [-0.39, 0.29) is 18.9 Å². The lowest BCUT2D eigenvalue weighted by atomic mass is 10.0. The maximum absolute atomic E-state index is 12.6. The number of carbonyl (C=O) groups is 4. The van der Waals surface area contributed by atoms with E-state index >= 15 is 0 Å². The predicted octanol–water partition coefficient (Wildman–Crippen LogP) is -0.588. The van der Waals surface area contributed by atoms with Gasteiger partial charge in [-0.2, -0.15) is 11.8 Å². The first-order valence-corrected chi connectivity index (χ1v) is 11.6. The third kappa shape index (κ3) is 12.7. The molecule has 8 N–H and O–H groups in total. The van der Waals surface area contributed by atoms with Gasteiger partial charge in [0, 0.05) is 0 Å². The van der Waals surface area contributed by atoms with Crippen LogP contribution in [0.1, 0.15) is 46.0 Å². The Kier molecular flexibility index (Phi) is 14.9. The van der Waals surface area contributed by atoms with Crippen LogP contribution in [-0.2, 0) is 19.2 Å². The average Bonchev–Trinajstić information content (AvgIpc) is 2.68. The van der Waals surface area contributed by atoms with Crippen molar-refractivity contribution in [3.63, 3.8) is 0 Å². The highest BCUT2D eigenvalue weighted by Gasteiger charge is 2.27. The summed E-state index contributed by atoms with van der Waals surface area (Å²) in [6, 6.07) is -2.65. The van der Waals surface area contributed by atoms with Gasteiger partial charge < -0.3 is 32.5 Å². The van der Waals surface area contributed by atoms with E-state index in [0.717, 1.165) is 12.8 Å². The molecule has 0 aromatic rings. The normalized spacial score (nSPS) is 13.9. The van der Waals surface area contributed by atoms with Crippen LogP contribution in [0.25, 0.3) is 0 Å². The van der Waals surface area contributed by atoms with Gasteiger partial charge in [-0.05, 0) is 50.2 Å². The van der Waals surface area contributed by atoms with Crippen LogP contribution < -0.4 is 27.4 Å². The van der Waals surface area contributed by atoms with Crippen LogP contribution in [0.4, 0.5) is 0 Å². The van der Waals surface area contributed by atoms with E-state index in [0.29, 0.717) is 25.1 Å². The third-order valence-corrected chi connectivity index (χ3v) is 4.96. The Hall–Kier alpha value is -1.85. The Balaban J connectivity index is 4.75. The van der Waals surface area contributed by atoms with Gasteiger partial charge in [-0.25, -0.2) is 4.79 Å². The van der Waals surface area contributed by atoms with E-state index in [9.17, 15) is 24.3 Å². The van der Waals surface area contributed by atoms with Crippen molar-refractivity contribution in [1.29, 1.82) is 0 Å². The van der Waals surface area contributed by atoms with E-state index in [1.54, 1.807) is 0 Å². The summed E-state index contributed by atoms with van der Waals surface area (Å²) in [5.41, 5.74) is 11.2. The monoisotopic (exact) mass is 447 g/mol. The summed E-state index contributed by atoms with van der Waals surface area (Å²) >= 11 is 1.50. The molecule has 0 spiro atoms. The fourth-order valence-electron chi connectivity index (χ4n) is 2.65. The van der Waals surface area contributed by atoms with Gasteiger partial charge in [0.25, 0.3) is 0 Å². The smallest absolute Gasteiger partial charge is 0.326 e. The van der Waals surface area contributed by atoms with Gasteiger partial charge in [0.1, 0.15) is 12.1 Å². The van der Waals surface area contributed by atoms with Gasteiger partial charge in [-0.3, -0.25) is 14.4 Å². The second-order valence-corrected chi connectivity index (χ2v) is 8.52. The van der Waals surface area contributed by atoms with Crippen molar-refractivity contribution in [2.24, 2.45) is 17.4 Å². The standard InChI is InChI=1S/C19H37N5O5S/c1-12(2)10-15(19(28)29)24-18(27)14(7-9-30-3)23-16(25)11-22-17(26)13(21)6-4-5-8-20/h12-15H,4-11,20-21H2,1-3H3,(H,22,26)(H,23,25)(H,24,27)(H,28,29). The number of rotatable bonds is 16. The molecule has 174 valence electrons. The highest BCUT2D eigenvalue weighted by atomic mass is 32.2. The average molecular weight is 448 g/mol. The zero-order valence-electron chi connectivity index (χ0n) is 18.1. The molecular formula is C19H37N5O5S. The van der Waals surface area contributed by atoms with Crippen molar-refractivity contribution in [2.75, 3.05) is 25.1 Å². The first kappa shape index (κ1) is 28.1. The molecule has 0 bridgehead atoms. The molecule has 3 atom stereocenters. The molecule has 11 heteroatoms. The fourth-order valence-corrected chi connectivity index (χ4v) is 3.12. The number of nitrogens with one attached hydrogen (secondary N) is 3. The molecule has 0 aliphatic heterocycles. The maximum Gasteiger partial charge on any atom is 0.326 e. The molecule has 0 rings (SSSR count).